The van der Waals surface area contributed by atoms with Gasteiger partial charge in [0, 0.05) is 13.6 Å². The maximum absolute atomic E-state index is 11.1. The van der Waals surface area contributed by atoms with Gasteiger partial charge in [0.05, 0.1) is 13.2 Å². The molecule has 6 nitrogen and oxygen atoms in total. The Morgan fingerprint density at radius 2 is 1.89 bits per heavy atom. The van der Waals surface area contributed by atoms with E-state index in [0.29, 0.717) is 18.8 Å². The smallest absolute Gasteiger partial charge is 0.407 e. The van der Waals surface area contributed by atoms with E-state index in [1.54, 1.807) is 6.92 Å². The van der Waals surface area contributed by atoms with E-state index >= 15 is 0 Å². The van der Waals surface area contributed by atoms with Crippen molar-refractivity contribution < 1.29 is 25.2 Å². The molecule has 0 saturated heterocycles. The van der Waals surface area contributed by atoms with E-state index in [1.165, 1.54) is 0 Å². The molecule has 0 bridgehead atoms. The highest BCUT2D eigenvalue weighted by atomic mass is 16.6. The second-order valence-corrected chi connectivity index (χ2v) is 3.59. The number of esters is 1. The van der Waals surface area contributed by atoms with Crippen LogP contribution in [0.25, 0.3) is 0 Å². The van der Waals surface area contributed by atoms with Crippen molar-refractivity contribution in [3.05, 3.63) is 12.2 Å². The fourth-order valence-corrected chi connectivity index (χ4v) is 0.911. The van der Waals surface area contributed by atoms with Gasteiger partial charge in [-0.1, -0.05) is 13.5 Å². The molecular formula is C12H23NO5. The molecular weight excluding hydrogens is 238 g/mol. The van der Waals surface area contributed by atoms with Gasteiger partial charge in [0.25, 0.3) is 0 Å². The number of amides is 1. The Balaban J connectivity index is 0. The fourth-order valence-electron chi connectivity index (χ4n) is 0.911. The molecule has 0 saturated carbocycles. The summed E-state index contributed by atoms with van der Waals surface area (Å²) in [7, 11) is 0. The summed E-state index contributed by atoms with van der Waals surface area (Å²) in [6.45, 7) is 8.52. The van der Waals surface area contributed by atoms with Crippen LogP contribution in [0.5, 0.6) is 0 Å². The van der Waals surface area contributed by atoms with Crippen LogP contribution >= 0.6 is 0 Å². The maximum Gasteiger partial charge on any atom is 0.407 e. The molecule has 0 radical (unpaired) electrons. The number of hydrogen-bond acceptors (Lipinski definition) is 5. The van der Waals surface area contributed by atoms with Crippen molar-refractivity contribution in [2.75, 3.05) is 33.0 Å². The first-order chi connectivity index (χ1) is 8.57. The molecule has 0 aromatic rings. The number of ether oxygens (including phenoxy) is 3. The van der Waals surface area contributed by atoms with Crippen LogP contribution in [0.1, 0.15) is 21.7 Å². The van der Waals surface area contributed by atoms with E-state index in [2.05, 4.69) is 11.9 Å². The standard InChI is InChI=1S/C12H21NO5.H2/c1-4-6-16-8-9-18-12(15)13-5-7-17-11(14)10(2)3;/h2,4-9H2,1,3H3,(H,13,15);1H. The van der Waals surface area contributed by atoms with Gasteiger partial charge in [-0.2, -0.15) is 0 Å². The molecule has 106 valence electrons. The number of alkyl carbamates (subject to hydrolysis) is 1. The van der Waals surface area contributed by atoms with Crippen LogP contribution in [-0.4, -0.2) is 45.0 Å². The minimum absolute atomic E-state index is 0. The van der Waals surface area contributed by atoms with Crippen LogP contribution in [0.2, 0.25) is 0 Å². The highest BCUT2D eigenvalue weighted by Gasteiger charge is 2.04. The zero-order valence-corrected chi connectivity index (χ0v) is 11.0. The molecule has 0 atom stereocenters. The summed E-state index contributed by atoms with van der Waals surface area (Å²) in [5, 5.41) is 2.44. The van der Waals surface area contributed by atoms with Crippen LogP contribution < -0.4 is 5.32 Å². The molecule has 0 heterocycles. The third-order valence-corrected chi connectivity index (χ3v) is 1.76. The second kappa shape index (κ2) is 10.6. The van der Waals surface area contributed by atoms with Gasteiger partial charge in [-0.3, -0.25) is 0 Å². The summed E-state index contributed by atoms with van der Waals surface area (Å²) in [5.41, 5.74) is 0.325. The Kier molecular flexibility index (Phi) is 9.67. The molecule has 0 unspecified atom stereocenters. The average Bonchev–Trinajstić information content (AvgIpc) is 2.34. The molecule has 0 aliphatic heterocycles. The molecule has 0 rings (SSSR count). The van der Waals surface area contributed by atoms with Crippen molar-refractivity contribution in [3.63, 3.8) is 0 Å². The Labute approximate surface area is 109 Å². The van der Waals surface area contributed by atoms with E-state index in [4.69, 9.17) is 14.2 Å². The van der Waals surface area contributed by atoms with E-state index in [0.717, 1.165) is 6.42 Å². The van der Waals surface area contributed by atoms with Gasteiger partial charge in [-0.05, 0) is 13.3 Å². The second-order valence-electron chi connectivity index (χ2n) is 3.59. The molecule has 1 N–H and O–H groups in total. The average molecular weight is 261 g/mol. The Morgan fingerprint density at radius 3 is 2.50 bits per heavy atom. The largest absolute Gasteiger partial charge is 0.460 e. The highest BCUT2D eigenvalue weighted by molar-refractivity contribution is 5.86. The first-order valence-corrected chi connectivity index (χ1v) is 5.89. The van der Waals surface area contributed by atoms with E-state index in [9.17, 15) is 9.59 Å². The van der Waals surface area contributed by atoms with Crippen LogP contribution in [0.4, 0.5) is 4.79 Å². The van der Waals surface area contributed by atoms with Crippen molar-refractivity contribution in [1.82, 2.24) is 5.32 Å². The van der Waals surface area contributed by atoms with Gasteiger partial charge >= 0.3 is 12.1 Å². The summed E-state index contributed by atoms with van der Waals surface area (Å²) in [6, 6.07) is 0. The Morgan fingerprint density at radius 1 is 1.17 bits per heavy atom. The van der Waals surface area contributed by atoms with Crippen molar-refractivity contribution >= 4 is 12.1 Å². The van der Waals surface area contributed by atoms with Gasteiger partial charge in [0.15, 0.2) is 0 Å². The lowest BCUT2D eigenvalue weighted by atomic mass is 10.4. The zero-order chi connectivity index (χ0) is 13.8. The lowest BCUT2D eigenvalue weighted by Gasteiger charge is -2.07. The van der Waals surface area contributed by atoms with Crippen molar-refractivity contribution in [1.29, 1.82) is 0 Å². The van der Waals surface area contributed by atoms with Crippen LogP contribution in [0.15, 0.2) is 12.2 Å². The number of hydrogen-bond donors (Lipinski definition) is 1. The maximum atomic E-state index is 11.1. The highest BCUT2D eigenvalue weighted by Crippen LogP contribution is 1.90. The quantitative estimate of drug-likeness (QED) is 0.387. The van der Waals surface area contributed by atoms with Crippen LogP contribution in [0.3, 0.4) is 0 Å². The van der Waals surface area contributed by atoms with Crippen LogP contribution in [-0.2, 0) is 19.0 Å². The van der Waals surface area contributed by atoms with Gasteiger partial charge in [0.1, 0.15) is 13.2 Å². The van der Waals surface area contributed by atoms with Gasteiger partial charge in [-0.15, -0.1) is 0 Å². The molecule has 0 aromatic heterocycles. The Bertz CT molecular complexity index is 283. The topological polar surface area (TPSA) is 73.9 Å². The number of carbonyl (C=O) groups excluding carboxylic acids is 2. The number of rotatable bonds is 9. The Hall–Kier alpha value is -1.56. The minimum Gasteiger partial charge on any atom is -0.460 e. The molecule has 6 heteroatoms. The molecule has 18 heavy (non-hydrogen) atoms. The van der Waals surface area contributed by atoms with E-state index in [1.807, 2.05) is 6.92 Å². The third kappa shape index (κ3) is 9.65. The predicted molar refractivity (Wildman–Crippen MR) is 68.3 cm³/mol. The predicted octanol–water partition coefficient (Wildman–Crippen LogP) is 1.50. The van der Waals surface area contributed by atoms with Crippen LogP contribution in [0, 0.1) is 0 Å². The summed E-state index contributed by atoms with van der Waals surface area (Å²) in [6.07, 6.45) is 0.377. The molecule has 0 aromatic carbocycles. The molecule has 0 aliphatic rings. The summed E-state index contributed by atoms with van der Waals surface area (Å²) < 4.78 is 14.7. The lowest BCUT2D eigenvalue weighted by Crippen LogP contribution is -2.29. The SMILES string of the molecule is C=C(C)C(=O)OCCNC(=O)OCCOCCC.[HH]. The van der Waals surface area contributed by atoms with Crippen molar-refractivity contribution in [3.8, 4) is 0 Å². The lowest BCUT2D eigenvalue weighted by molar-refractivity contribution is -0.138. The number of nitrogens with one attached hydrogen (secondary N) is 1. The molecule has 1 amide bonds. The van der Waals surface area contributed by atoms with E-state index < -0.39 is 12.1 Å². The molecule has 0 fully saturated rings. The third-order valence-electron chi connectivity index (χ3n) is 1.76. The minimum atomic E-state index is -0.554. The van der Waals surface area contributed by atoms with Gasteiger partial charge in [-0.25, -0.2) is 9.59 Å². The van der Waals surface area contributed by atoms with Crippen molar-refractivity contribution in [2.45, 2.75) is 20.3 Å². The molecule has 0 spiro atoms. The van der Waals surface area contributed by atoms with E-state index in [-0.39, 0.29) is 21.2 Å². The van der Waals surface area contributed by atoms with Gasteiger partial charge in [0.2, 0.25) is 0 Å². The summed E-state index contributed by atoms with van der Waals surface area (Å²) >= 11 is 0. The van der Waals surface area contributed by atoms with Crippen molar-refractivity contribution in [2.24, 2.45) is 0 Å². The summed E-state index contributed by atoms with van der Waals surface area (Å²) in [5.74, 6) is -0.474. The summed E-state index contributed by atoms with van der Waals surface area (Å²) in [4.78, 5) is 22.1. The fraction of sp³-hybridized carbons (Fsp3) is 0.667. The number of carbonyl (C=O) groups is 2. The normalized spacial score (nSPS) is 9.67. The first kappa shape index (κ1) is 16.4. The first-order valence-electron chi connectivity index (χ1n) is 5.89. The molecule has 0 aliphatic carbocycles. The van der Waals surface area contributed by atoms with Gasteiger partial charge < -0.3 is 19.5 Å². The monoisotopic (exact) mass is 261 g/mol. The zero-order valence-electron chi connectivity index (χ0n) is 11.0.